The minimum Gasteiger partial charge on any atom is -0.490 e. The van der Waals surface area contributed by atoms with Gasteiger partial charge in [-0.05, 0) is 31.5 Å². The predicted molar refractivity (Wildman–Crippen MR) is 97.4 cm³/mol. The van der Waals surface area contributed by atoms with Crippen molar-refractivity contribution in [2.75, 3.05) is 25.1 Å². The number of benzene rings is 2. The van der Waals surface area contributed by atoms with Crippen LogP contribution in [0, 0.1) is 0 Å². The summed E-state index contributed by atoms with van der Waals surface area (Å²) in [5, 5.41) is 6.51. The number of nitrogens with one attached hydrogen (secondary N) is 1. The van der Waals surface area contributed by atoms with E-state index in [1.165, 1.54) is 0 Å². The second-order valence-corrected chi connectivity index (χ2v) is 4.99. The molecule has 0 unspecified atom stereocenters. The third kappa shape index (κ3) is 6.18. The molecule has 0 aromatic heterocycles. The first-order valence-electron chi connectivity index (χ1n) is 8.12. The highest BCUT2D eigenvalue weighted by Gasteiger charge is 2.08. The molecule has 2 aromatic carbocycles. The molecule has 132 valence electrons. The zero-order chi connectivity index (χ0) is 17.9. The van der Waals surface area contributed by atoms with Crippen LogP contribution in [0.1, 0.15) is 19.4 Å². The molecule has 2 aromatic rings. The summed E-state index contributed by atoms with van der Waals surface area (Å²) < 4.78 is 11.0. The Bertz CT molecular complexity index is 702. The average molecular weight is 342 g/mol. The van der Waals surface area contributed by atoms with Gasteiger partial charge in [-0.3, -0.25) is 4.79 Å². The number of anilines is 1. The van der Waals surface area contributed by atoms with Crippen molar-refractivity contribution in [1.29, 1.82) is 0 Å². The number of rotatable bonds is 9. The number of oxime groups is 1. The normalized spacial score (nSPS) is 10.5. The molecule has 25 heavy (non-hydrogen) atoms. The lowest BCUT2D eigenvalue weighted by Crippen LogP contribution is -2.17. The van der Waals surface area contributed by atoms with Crippen LogP contribution in [0.2, 0.25) is 0 Å². The summed E-state index contributed by atoms with van der Waals surface area (Å²) in [6.45, 7) is 4.66. The Balaban J connectivity index is 1.87. The Hall–Kier alpha value is -3.02. The van der Waals surface area contributed by atoms with E-state index in [4.69, 9.17) is 14.3 Å². The van der Waals surface area contributed by atoms with Gasteiger partial charge in [0.05, 0.1) is 19.4 Å². The van der Waals surface area contributed by atoms with E-state index in [0.29, 0.717) is 30.4 Å². The third-order valence-electron chi connectivity index (χ3n) is 3.10. The average Bonchev–Trinajstić information content (AvgIpc) is 2.62. The van der Waals surface area contributed by atoms with E-state index in [-0.39, 0.29) is 12.5 Å². The third-order valence-corrected chi connectivity index (χ3v) is 3.10. The number of carbonyl (C=O) groups is 1. The molecule has 0 fully saturated rings. The number of ether oxygens (including phenoxy) is 2. The standard InChI is InChI=1S/C19H22N2O4/c1-3-23-17-11-10-16(12-18(17)24-4-2)21-19(22)14-25-20-13-15-8-6-5-7-9-15/h5-13H,3-4,14H2,1-2H3,(H,21,22)/b20-13-. The molecule has 1 N–H and O–H groups in total. The number of hydrogen-bond donors (Lipinski definition) is 1. The van der Waals surface area contributed by atoms with Gasteiger partial charge in [0.1, 0.15) is 0 Å². The Labute approximate surface area is 147 Å². The summed E-state index contributed by atoms with van der Waals surface area (Å²) >= 11 is 0. The lowest BCUT2D eigenvalue weighted by Gasteiger charge is -2.12. The fourth-order valence-corrected chi connectivity index (χ4v) is 2.06. The van der Waals surface area contributed by atoms with Gasteiger partial charge in [-0.2, -0.15) is 0 Å². The first kappa shape index (κ1) is 18.3. The molecular formula is C19H22N2O4. The van der Waals surface area contributed by atoms with E-state index in [9.17, 15) is 4.79 Å². The molecule has 0 radical (unpaired) electrons. The molecule has 0 aliphatic heterocycles. The highest BCUT2D eigenvalue weighted by Crippen LogP contribution is 2.30. The van der Waals surface area contributed by atoms with E-state index in [1.54, 1.807) is 24.4 Å². The van der Waals surface area contributed by atoms with Gasteiger partial charge in [-0.1, -0.05) is 35.5 Å². The maximum absolute atomic E-state index is 11.9. The van der Waals surface area contributed by atoms with Gasteiger partial charge in [0.2, 0.25) is 0 Å². The molecule has 1 amide bonds. The van der Waals surface area contributed by atoms with Gasteiger partial charge in [0, 0.05) is 11.8 Å². The summed E-state index contributed by atoms with van der Waals surface area (Å²) in [5.41, 5.74) is 1.50. The van der Waals surface area contributed by atoms with Gasteiger partial charge in [-0.25, -0.2) is 0 Å². The monoisotopic (exact) mass is 342 g/mol. The van der Waals surface area contributed by atoms with Crippen molar-refractivity contribution in [3.8, 4) is 11.5 Å². The minimum absolute atomic E-state index is 0.180. The molecular weight excluding hydrogens is 320 g/mol. The maximum atomic E-state index is 11.9. The lowest BCUT2D eigenvalue weighted by molar-refractivity contribution is -0.120. The minimum atomic E-state index is -0.308. The van der Waals surface area contributed by atoms with Crippen LogP contribution in [-0.4, -0.2) is 31.9 Å². The highest BCUT2D eigenvalue weighted by atomic mass is 16.6. The number of hydrogen-bond acceptors (Lipinski definition) is 5. The van der Waals surface area contributed by atoms with Gasteiger partial charge in [-0.15, -0.1) is 0 Å². The van der Waals surface area contributed by atoms with Crippen LogP contribution in [0.3, 0.4) is 0 Å². The fourth-order valence-electron chi connectivity index (χ4n) is 2.06. The Morgan fingerprint density at radius 3 is 2.48 bits per heavy atom. The second-order valence-electron chi connectivity index (χ2n) is 4.99. The van der Waals surface area contributed by atoms with E-state index < -0.39 is 0 Å². The Morgan fingerprint density at radius 2 is 1.76 bits per heavy atom. The molecule has 0 spiro atoms. The summed E-state index contributed by atoms with van der Waals surface area (Å²) in [6.07, 6.45) is 1.55. The SMILES string of the molecule is CCOc1ccc(NC(=O)CO/N=C\c2ccccc2)cc1OCC. The molecule has 0 bridgehead atoms. The van der Waals surface area contributed by atoms with Crippen LogP contribution < -0.4 is 14.8 Å². The molecule has 0 saturated heterocycles. The Kier molecular flexibility index (Phi) is 7.31. The number of carbonyl (C=O) groups excluding carboxylic acids is 1. The maximum Gasteiger partial charge on any atom is 0.265 e. The largest absolute Gasteiger partial charge is 0.490 e. The zero-order valence-electron chi connectivity index (χ0n) is 14.4. The Morgan fingerprint density at radius 1 is 1.04 bits per heavy atom. The van der Waals surface area contributed by atoms with Crippen molar-refractivity contribution in [2.45, 2.75) is 13.8 Å². The van der Waals surface area contributed by atoms with Crippen molar-refractivity contribution in [1.82, 2.24) is 0 Å². The van der Waals surface area contributed by atoms with Crippen LogP contribution in [0.5, 0.6) is 11.5 Å². The molecule has 0 atom stereocenters. The van der Waals surface area contributed by atoms with Crippen molar-refractivity contribution in [3.05, 3.63) is 54.1 Å². The van der Waals surface area contributed by atoms with E-state index in [0.717, 1.165) is 5.56 Å². The molecule has 6 heteroatoms. The first-order chi connectivity index (χ1) is 12.2. The van der Waals surface area contributed by atoms with Crippen LogP contribution in [0.25, 0.3) is 0 Å². The molecule has 2 rings (SSSR count). The van der Waals surface area contributed by atoms with Gasteiger partial charge >= 0.3 is 0 Å². The molecule has 0 saturated carbocycles. The van der Waals surface area contributed by atoms with Crippen molar-refractivity contribution in [2.24, 2.45) is 5.16 Å². The molecule has 0 aliphatic rings. The summed E-state index contributed by atoms with van der Waals surface area (Å²) in [6, 6.07) is 14.7. The summed E-state index contributed by atoms with van der Waals surface area (Å²) in [7, 11) is 0. The van der Waals surface area contributed by atoms with Crippen molar-refractivity contribution in [3.63, 3.8) is 0 Å². The quantitative estimate of drug-likeness (QED) is 0.559. The van der Waals surface area contributed by atoms with Gasteiger partial charge < -0.3 is 19.6 Å². The smallest absolute Gasteiger partial charge is 0.265 e. The van der Waals surface area contributed by atoms with Crippen molar-refractivity contribution >= 4 is 17.8 Å². The summed E-state index contributed by atoms with van der Waals surface area (Å²) in [4.78, 5) is 16.9. The fraction of sp³-hybridized carbons (Fsp3) is 0.263. The van der Waals surface area contributed by atoms with E-state index >= 15 is 0 Å². The molecule has 6 nitrogen and oxygen atoms in total. The van der Waals surface area contributed by atoms with Crippen LogP contribution in [-0.2, 0) is 9.63 Å². The first-order valence-corrected chi connectivity index (χ1v) is 8.12. The summed E-state index contributed by atoms with van der Waals surface area (Å²) in [5.74, 6) is 0.924. The molecule has 0 heterocycles. The van der Waals surface area contributed by atoms with E-state index in [1.807, 2.05) is 44.2 Å². The van der Waals surface area contributed by atoms with Crippen molar-refractivity contribution < 1.29 is 19.1 Å². The number of amides is 1. The van der Waals surface area contributed by atoms with E-state index in [2.05, 4.69) is 10.5 Å². The van der Waals surface area contributed by atoms with Crippen LogP contribution in [0.4, 0.5) is 5.69 Å². The van der Waals surface area contributed by atoms with Gasteiger partial charge in [0.15, 0.2) is 18.1 Å². The van der Waals surface area contributed by atoms with Crippen LogP contribution in [0.15, 0.2) is 53.7 Å². The van der Waals surface area contributed by atoms with Gasteiger partial charge in [0.25, 0.3) is 5.91 Å². The van der Waals surface area contributed by atoms with Crippen LogP contribution >= 0.6 is 0 Å². The lowest BCUT2D eigenvalue weighted by atomic mass is 10.2. The molecule has 0 aliphatic carbocycles. The highest BCUT2D eigenvalue weighted by molar-refractivity contribution is 5.92. The topological polar surface area (TPSA) is 69.2 Å². The number of nitrogens with zero attached hydrogens (tertiary/aromatic N) is 1. The predicted octanol–water partition coefficient (Wildman–Crippen LogP) is 3.47. The second kappa shape index (κ2) is 9.97. The zero-order valence-corrected chi connectivity index (χ0v) is 14.4.